The number of thioether (sulfide) groups is 1. The summed E-state index contributed by atoms with van der Waals surface area (Å²) >= 11 is 5.13. The summed E-state index contributed by atoms with van der Waals surface area (Å²) in [6, 6.07) is 8.63. The number of benzene rings is 1. The zero-order valence-electron chi connectivity index (χ0n) is 16.0. The second kappa shape index (κ2) is 7.53. The molecule has 1 amide bonds. The predicted octanol–water partition coefficient (Wildman–Crippen LogP) is 3.60. The number of fused-ring (bicyclic) bond motifs is 4. The Labute approximate surface area is 186 Å². The number of carbonyl (C=O) groups is 1. The van der Waals surface area contributed by atoms with Crippen molar-refractivity contribution in [2.24, 2.45) is 16.6 Å². The first-order valence-electron chi connectivity index (χ1n) is 9.82. The van der Waals surface area contributed by atoms with Crippen molar-refractivity contribution in [3.05, 3.63) is 58.1 Å². The highest BCUT2D eigenvalue weighted by molar-refractivity contribution is 9.10. The van der Waals surface area contributed by atoms with Crippen LogP contribution >= 0.6 is 27.7 Å². The number of hydrogen-bond donors (Lipinski definition) is 2. The lowest BCUT2D eigenvalue weighted by atomic mass is 9.67. The fraction of sp³-hybridized carbons (Fsp3) is 0.381. The lowest BCUT2D eigenvalue weighted by Gasteiger charge is -2.48. The van der Waals surface area contributed by atoms with Crippen LogP contribution in [0.4, 0.5) is 4.39 Å². The number of nitrogens with one attached hydrogen (secondary N) is 1. The predicted molar refractivity (Wildman–Crippen MR) is 117 cm³/mol. The van der Waals surface area contributed by atoms with E-state index in [-0.39, 0.29) is 29.7 Å². The number of ether oxygens (including phenoxy) is 1. The van der Waals surface area contributed by atoms with E-state index in [9.17, 15) is 9.18 Å². The fourth-order valence-corrected chi connectivity index (χ4v) is 6.16. The maximum Gasteiger partial charge on any atom is 0.270 e. The molecule has 0 radical (unpaired) electrons. The van der Waals surface area contributed by atoms with Crippen LogP contribution in [0.15, 0.2) is 46.0 Å². The molecule has 2 aliphatic heterocycles. The van der Waals surface area contributed by atoms with Crippen LogP contribution in [0.1, 0.15) is 35.3 Å². The van der Waals surface area contributed by atoms with Crippen molar-refractivity contribution in [1.82, 2.24) is 10.3 Å². The Hall–Kier alpha value is -2.13. The molecule has 1 aromatic heterocycles. The first-order chi connectivity index (χ1) is 14.4. The minimum absolute atomic E-state index is 0.0195. The van der Waals surface area contributed by atoms with Gasteiger partial charge in [0.25, 0.3) is 5.91 Å². The number of hydrogen-bond acceptors (Lipinski definition) is 6. The molecule has 1 saturated carbocycles. The van der Waals surface area contributed by atoms with E-state index in [4.69, 9.17) is 15.5 Å². The lowest BCUT2D eigenvalue weighted by molar-refractivity contribution is 0.0155. The highest BCUT2D eigenvalue weighted by Crippen LogP contribution is 2.54. The molecule has 1 aliphatic carbocycles. The van der Waals surface area contributed by atoms with Crippen molar-refractivity contribution in [1.29, 1.82) is 0 Å². The number of carbonyl (C=O) groups excluding carboxylic acids is 1. The Morgan fingerprint density at radius 1 is 1.33 bits per heavy atom. The van der Waals surface area contributed by atoms with Gasteiger partial charge in [-0.25, -0.2) is 14.4 Å². The summed E-state index contributed by atoms with van der Waals surface area (Å²) in [6.45, 7) is 0. The number of aromatic nitrogens is 1. The van der Waals surface area contributed by atoms with Gasteiger partial charge in [0, 0.05) is 27.7 Å². The topological polar surface area (TPSA) is 89.6 Å². The van der Waals surface area contributed by atoms with E-state index in [1.54, 1.807) is 11.8 Å². The average Bonchev–Trinajstić information content (AvgIpc) is 3.12. The Morgan fingerprint density at radius 2 is 2.20 bits per heavy atom. The smallest absolute Gasteiger partial charge is 0.270 e. The lowest BCUT2D eigenvalue weighted by Crippen LogP contribution is -2.54. The van der Waals surface area contributed by atoms with Gasteiger partial charge >= 0.3 is 0 Å². The number of nitrogens with zero attached hydrogens (tertiary/aromatic N) is 2. The van der Waals surface area contributed by atoms with Crippen LogP contribution in [0, 0.1) is 11.7 Å². The summed E-state index contributed by atoms with van der Waals surface area (Å²) in [6.07, 6.45) is 3.40. The fourth-order valence-electron chi connectivity index (χ4n) is 4.77. The van der Waals surface area contributed by atoms with Gasteiger partial charge in [0.1, 0.15) is 28.9 Å². The molecule has 3 heterocycles. The van der Waals surface area contributed by atoms with E-state index in [1.165, 1.54) is 12.1 Å². The highest BCUT2D eigenvalue weighted by atomic mass is 79.9. The molecular weight excluding hydrogens is 471 g/mol. The van der Waals surface area contributed by atoms with Crippen molar-refractivity contribution in [3.8, 4) is 5.75 Å². The number of amides is 1. The number of nitrogens with two attached hydrogens (primary N) is 1. The molecule has 0 bridgehead atoms. The van der Waals surface area contributed by atoms with E-state index < -0.39 is 11.4 Å². The Balaban J connectivity index is 1.43. The third-order valence-electron chi connectivity index (χ3n) is 6.13. The Morgan fingerprint density at radius 3 is 2.93 bits per heavy atom. The van der Waals surface area contributed by atoms with Crippen LogP contribution in [-0.2, 0) is 5.54 Å². The van der Waals surface area contributed by atoms with Gasteiger partial charge in [-0.2, -0.15) is 0 Å². The second-order valence-electron chi connectivity index (χ2n) is 7.91. The van der Waals surface area contributed by atoms with Crippen molar-refractivity contribution in [3.63, 3.8) is 0 Å². The van der Waals surface area contributed by atoms with E-state index in [2.05, 4.69) is 32.3 Å². The average molecular weight is 491 g/mol. The SMILES string of the molecule is NC1=NC2(CS1)c1cc(Br)ccc1OC1CCC(NC(=O)c3ccc(F)cn3)CC12. The number of rotatable bonds is 2. The van der Waals surface area contributed by atoms with Crippen molar-refractivity contribution in [2.75, 3.05) is 5.75 Å². The monoisotopic (exact) mass is 490 g/mol. The van der Waals surface area contributed by atoms with E-state index in [0.29, 0.717) is 5.17 Å². The summed E-state index contributed by atoms with van der Waals surface area (Å²) in [5.74, 6) is 0.945. The quantitative estimate of drug-likeness (QED) is 0.670. The minimum Gasteiger partial charge on any atom is -0.490 e. The van der Waals surface area contributed by atoms with Crippen LogP contribution in [0.3, 0.4) is 0 Å². The molecule has 4 unspecified atom stereocenters. The number of amidine groups is 1. The maximum atomic E-state index is 13.1. The minimum atomic E-state index is -0.465. The van der Waals surface area contributed by atoms with Crippen LogP contribution in [0.5, 0.6) is 5.75 Å². The molecule has 9 heteroatoms. The zero-order valence-corrected chi connectivity index (χ0v) is 18.4. The molecule has 3 N–H and O–H groups in total. The van der Waals surface area contributed by atoms with Crippen LogP contribution in [-0.4, -0.2) is 34.0 Å². The first kappa shape index (κ1) is 19.8. The van der Waals surface area contributed by atoms with E-state index in [0.717, 1.165) is 47.0 Å². The van der Waals surface area contributed by atoms with Gasteiger partial charge in [-0.05, 0) is 49.6 Å². The van der Waals surface area contributed by atoms with Gasteiger partial charge < -0.3 is 15.8 Å². The van der Waals surface area contributed by atoms with Gasteiger partial charge in [-0.1, -0.05) is 27.7 Å². The van der Waals surface area contributed by atoms with Gasteiger partial charge in [0.2, 0.25) is 0 Å². The summed E-state index contributed by atoms with van der Waals surface area (Å²) in [4.78, 5) is 21.4. The molecule has 156 valence electrons. The molecule has 3 aliphatic rings. The van der Waals surface area contributed by atoms with E-state index in [1.807, 2.05) is 12.1 Å². The largest absolute Gasteiger partial charge is 0.490 e. The molecular formula is C21H20BrFN4O2S. The summed E-state index contributed by atoms with van der Waals surface area (Å²) in [5, 5.41) is 3.65. The van der Waals surface area contributed by atoms with E-state index >= 15 is 0 Å². The standard InChI is InChI=1S/C21H20BrFN4O2S/c22-11-1-5-17-14(7-11)21(10-30-20(24)27-21)15-8-13(3-6-18(15)29-17)26-19(28)16-4-2-12(23)9-25-16/h1-2,4-5,7,9,13,15,18H,3,6,8,10H2,(H2,24,27)(H,26,28). The third-order valence-corrected chi connectivity index (χ3v) is 7.60. The molecule has 1 fully saturated rings. The summed E-state index contributed by atoms with van der Waals surface area (Å²) in [7, 11) is 0. The molecule has 2 aromatic rings. The normalized spacial score (nSPS) is 29.5. The second-order valence-corrected chi connectivity index (χ2v) is 9.82. The number of halogens is 2. The van der Waals surface area contributed by atoms with Crippen molar-refractivity contribution < 1.29 is 13.9 Å². The Bertz CT molecular complexity index is 1030. The molecule has 4 atom stereocenters. The van der Waals surface area contributed by atoms with Crippen molar-refractivity contribution in [2.45, 2.75) is 36.9 Å². The molecule has 1 aromatic carbocycles. The molecule has 0 saturated heterocycles. The summed E-state index contributed by atoms with van der Waals surface area (Å²) in [5.41, 5.74) is 6.90. The molecule has 5 rings (SSSR count). The van der Waals surface area contributed by atoms with Gasteiger partial charge in [0.15, 0.2) is 5.17 Å². The molecule has 30 heavy (non-hydrogen) atoms. The van der Waals surface area contributed by atoms with Crippen LogP contribution in [0.2, 0.25) is 0 Å². The van der Waals surface area contributed by atoms with Gasteiger partial charge in [-0.3, -0.25) is 4.79 Å². The Kier molecular flexibility index (Phi) is 4.97. The number of pyridine rings is 1. The number of aliphatic imine (C=N–C) groups is 1. The maximum absolute atomic E-state index is 13.1. The van der Waals surface area contributed by atoms with Crippen LogP contribution in [0.25, 0.3) is 0 Å². The van der Waals surface area contributed by atoms with Crippen LogP contribution < -0.4 is 15.8 Å². The molecule has 1 spiro atoms. The summed E-state index contributed by atoms with van der Waals surface area (Å²) < 4.78 is 20.4. The highest BCUT2D eigenvalue weighted by Gasteiger charge is 2.54. The first-order valence-corrected chi connectivity index (χ1v) is 11.6. The van der Waals surface area contributed by atoms with Gasteiger partial charge in [-0.15, -0.1) is 0 Å². The zero-order chi connectivity index (χ0) is 20.9. The molecule has 6 nitrogen and oxygen atoms in total. The van der Waals surface area contributed by atoms with Crippen molar-refractivity contribution >= 4 is 38.8 Å². The van der Waals surface area contributed by atoms with Gasteiger partial charge in [0.05, 0.1) is 6.20 Å². The third kappa shape index (κ3) is 3.37.